The first-order valence-corrected chi connectivity index (χ1v) is 8.83. The van der Waals surface area contributed by atoms with E-state index in [9.17, 15) is 0 Å². The van der Waals surface area contributed by atoms with Crippen LogP contribution >= 0.6 is 0 Å². The second-order valence-corrected chi connectivity index (χ2v) is 7.56. The monoisotopic (exact) mass is 284 g/mol. The lowest BCUT2D eigenvalue weighted by atomic mass is 9.72. The predicted octanol–water partition coefficient (Wildman–Crippen LogP) is 3.34. The van der Waals surface area contributed by atoms with Gasteiger partial charge in [0.05, 0.1) is 0 Å². The molecular formula is C19H28N2. The molecule has 2 unspecified atom stereocenters. The molecule has 0 amide bonds. The van der Waals surface area contributed by atoms with Gasteiger partial charge in [0.1, 0.15) is 0 Å². The third-order valence-corrected chi connectivity index (χ3v) is 6.33. The highest BCUT2D eigenvalue weighted by Crippen LogP contribution is 2.48. The van der Waals surface area contributed by atoms with Crippen molar-refractivity contribution in [3.63, 3.8) is 0 Å². The van der Waals surface area contributed by atoms with Crippen molar-refractivity contribution in [1.82, 2.24) is 4.90 Å². The molecule has 2 saturated carbocycles. The van der Waals surface area contributed by atoms with Crippen LogP contribution in [0.15, 0.2) is 24.3 Å². The fourth-order valence-corrected chi connectivity index (χ4v) is 4.86. The molecule has 0 saturated heterocycles. The van der Waals surface area contributed by atoms with E-state index in [4.69, 9.17) is 5.73 Å². The number of rotatable bonds is 3. The molecule has 2 heteroatoms. The van der Waals surface area contributed by atoms with Gasteiger partial charge in [-0.1, -0.05) is 37.1 Å². The quantitative estimate of drug-likeness (QED) is 0.922. The summed E-state index contributed by atoms with van der Waals surface area (Å²) < 4.78 is 0. The summed E-state index contributed by atoms with van der Waals surface area (Å²) in [4.78, 5) is 2.74. The summed E-state index contributed by atoms with van der Waals surface area (Å²) in [6, 6.07) is 8.98. The molecule has 2 N–H and O–H groups in total. The Kier molecular flexibility index (Phi) is 3.55. The molecule has 2 nitrogen and oxygen atoms in total. The van der Waals surface area contributed by atoms with Crippen molar-refractivity contribution in [2.24, 2.45) is 17.6 Å². The smallest absolute Gasteiger partial charge is 0.0338 e. The van der Waals surface area contributed by atoms with Crippen LogP contribution in [0.4, 0.5) is 0 Å². The first-order chi connectivity index (χ1) is 10.3. The Labute approximate surface area is 128 Å². The van der Waals surface area contributed by atoms with Crippen molar-refractivity contribution >= 4 is 0 Å². The molecule has 114 valence electrons. The normalized spacial score (nSPS) is 33.7. The molecule has 2 fully saturated rings. The van der Waals surface area contributed by atoms with E-state index < -0.39 is 0 Å². The summed E-state index contributed by atoms with van der Waals surface area (Å²) in [5.74, 6) is 1.99. The van der Waals surface area contributed by atoms with Crippen LogP contribution in [-0.4, -0.2) is 23.5 Å². The lowest BCUT2D eigenvalue weighted by Crippen LogP contribution is -2.57. The zero-order valence-electron chi connectivity index (χ0n) is 13.1. The Balaban J connectivity index is 1.55. The van der Waals surface area contributed by atoms with Crippen molar-refractivity contribution in [3.8, 4) is 0 Å². The number of fused-ring (bicyclic) bond motifs is 1. The second-order valence-electron chi connectivity index (χ2n) is 7.56. The number of hydrogen-bond acceptors (Lipinski definition) is 2. The van der Waals surface area contributed by atoms with Crippen LogP contribution in [0.2, 0.25) is 0 Å². The highest BCUT2D eigenvalue weighted by Gasteiger charge is 2.44. The van der Waals surface area contributed by atoms with Gasteiger partial charge in [0.25, 0.3) is 0 Å². The average molecular weight is 284 g/mol. The van der Waals surface area contributed by atoms with Crippen LogP contribution < -0.4 is 5.73 Å². The van der Waals surface area contributed by atoms with Crippen LogP contribution in [-0.2, 0) is 13.0 Å². The minimum atomic E-state index is 0.291. The summed E-state index contributed by atoms with van der Waals surface area (Å²) >= 11 is 0. The molecule has 1 aromatic rings. The lowest BCUT2D eigenvalue weighted by molar-refractivity contribution is 0.0204. The van der Waals surface area contributed by atoms with Crippen molar-refractivity contribution in [2.45, 2.75) is 57.0 Å². The fourth-order valence-electron chi connectivity index (χ4n) is 4.86. The summed E-state index contributed by atoms with van der Waals surface area (Å²) in [5.41, 5.74) is 9.70. The Morgan fingerprint density at radius 3 is 2.67 bits per heavy atom. The number of nitrogens with two attached hydrogens (primary N) is 1. The molecular weight excluding hydrogens is 256 g/mol. The minimum Gasteiger partial charge on any atom is -0.329 e. The van der Waals surface area contributed by atoms with E-state index in [1.54, 1.807) is 5.56 Å². The largest absolute Gasteiger partial charge is 0.329 e. The summed E-state index contributed by atoms with van der Waals surface area (Å²) in [6.07, 6.45) is 9.67. The standard InChI is InChI=1S/C19H28N2/c20-14-19(10-3-6-17(12-19)16-7-8-16)21-11-9-15-4-1-2-5-18(15)13-21/h1-2,4-5,16-17H,3,6-14,20H2. The third kappa shape index (κ3) is 2.53. The second kappa shape index (κ2) is 5.40. The van der Waals surface area contributed by atoms with E-state index in [0.29, 0.717) is 5.54 Å². The molecule has 4 rings (SSSR count). The molecule has 0 radical (unpaired) electrons. The highest BCUT2D eigenvalue weighted by atomic mass is 15.2. The van der Waals surface area contributed by atoms with Gasteiger partial charge in [0.15, 0.2) is 0 Å². The van der Waals surface area contributed by atoms with Gasteiger partial charge < -0.3 is 5.73 Å². The molecule has 1 heterocycles. The summed E-state index contributed by atoms with van der Waals surface area (Å²) in [7, 11) is 0. The molecule has 1 aromatic carbocycles. The molecule has 21 heavy (non-hydrogen) atoms. The van der Waals surface area contributed by atoms with Gasteiger partial charge in [-0.2, -0.15) is 0 Å². The number of hydrogen-bond donors (Lipinski definition) is 1. The zero-order chi connectivity index (χ0) is 14.3. The van der Waals surface area contributed by atoms with Crippen molar-refractivity contribution < 1.29 is 0 Å². The van der Waals surface area contributed by atoms with E-state index in [1.165, 1.54) is 57.1 Å². The highest BCUT2D eigenvalue weighted by molar-refractivity contribution is 5.29. The van der Waals surface area contributed by atoms with E-state index in [0.717, 1.165) is 24.9 Å². The number of nitrogens with zero attached hydrogens (tertiary/aromatic N) is 1. The molecule has 3 aliphatic rings. The summed E-state index contributed by atoms with van der Waals surface area (Å²) in [5, 5.41) is 0. The molecule has 0 bridgehead atoms. The molecule has 1 aliphatic heterocycles. The van der Waals surface area contributed by atoms with Crippen LogP contribution in [0.5, 0.6) is 0 Å². The SMILES string of the molecule is NCC1(N2CCc3ccccc3C2)CCCC(C2CC2)C1. The zero-order valence-corrected chi connectivity index (χ0v) is 13.1. The van der Waals surface area contributed by atoms with E-state index >= 15 is 0 Å². The fraction of sp³-hybridized carbons (Fsp3) is 0.684. The first kappa shape index (κ1) is 13.8. The maximum Gasteiger partial charge on any atom is 0.0338 e. The topological polar surface area (TPSA) is 29.3 Å². The molecule has 0 spiro atoms. The maximum absolute atomic E-state index is 6.33. The average Bonchev–Trinajstić information content (AvgIpc) is 3.39. The van der Waals surface area contributed by atoms with E-state index in [2.05, 4.69) is 29.2 Å². The molecule has 2 atom stereocenters. The molecule has 0 aromatic heterocycles. The predicted molar refractivity (Wildman–Crippen MR) is 87.0 cm³/mol. The van der Waals surface area contributed by atoms with Gasteiger partial charge >= 0.3 is 0 Å². The van der Waals surface area contributed by atoms with Crippen molar-refractivity contribution in [2.75, 3.05) is 13.1 Å². The Morgan fingerprint density at radius 1 is 1.10 bits per heavy atom. The number of benzene rings is 1. The Hall–Kier alpha value is -0.860. The van der Waals surface area contributed by atoms with E-state index in [1.807, 2.05) is 0 Å². The Bertz CT molecular complexity index is 508. The van der Waals surface area contributed by atoms with Gasteiger partial charge in [-0.05, 0) is 55.1 Å². The third-order valence-electron chi connectivity index (χ3n) is 6.33. The Morgan fingerprint density at radius 2 is 1.90 bits per heavy atom. The van der Waals surface area contributed by atoms with E-state index in [-0.39, 0.29) is 0 Å². The van der Waals surface area contributed by atoms with Gasteiger partial charge in [-0.3, -0.25) is 4.90 Å². The van der Waals surface area contributed by atoms with Gasteiger partial charge in [-0.15, -0.1) is 0 Å². The maximum atomic E-state index is 6.33. The van der Waals surface area contributed by atoms with Gasteiger partial charge in [-0.25, -0.2) is 0 Å². The van der Waals surface area contributed by atoms with Crippen molar-refractivity contribution in [3.05, 3.63) is 35.4 Å². The minimum absolute atomic E-state index is 0.291. The van der Waals surface area contributed by atoms with Gasteiger partial charge in [0, 0.05) is 25.2 Å². The molecule has 2 aliphatic carbocycles. The van der Waals surface area contributed by atoms with Crippen LogP contribution in [0, 0.1) is 11.8 Å². The van der Waals surface area contributed by atoms with Gasteiger partial charge in [0.2, 0.25) is 0 Å². The van der Waals surface area contributed by atoms with Crippen LogP contribution in [0.25, 0.3) is 0 Å². The van der Waals surface area contributed by atoms with Crippen LogP contribution in [0.3, 0.4) is 0 Å². The van der Waals surface area contributed by atoms with Crippen LogP contribution in [0.1, 0.15) is 49.7 Å². The first-order valence-electron chi connectivity index (χ1n) is 8.83. The summed E-state index contributed by atoms with van der Waals surface area (Å²) in [6.45, 7) is 3.16. The van der Waals surface area contributed by atoms with Crippen molar-refractivity contribution in [1.29, 1.82) is 0 Å². The lowest BCUT2D eigenvalue weighted by Gasteiger charge is -2.50.